The summed E-state index contributed by atoms with van der Waals surface area (Å²) in [6, 6.07) is 15.0. The van der Waals surface area contributed by atoms with Crippen LogP contribution >= 0.6 is 0 Å². The van der Waals surface area contributed by atoms with E-state index in [0.717, 1.165) is 16.8 Å². The van der Waals surface area contributed by atoms with Gasteiger partial charge in [0.1, 0.15) is 12.7 Å². The number of ether oxygens (including phenoxy) is 2. The molecule has 150 valence electrons. The Bertz CT molecular complexity index is 909. The number of nitrogens with two attached hydrogens (primary N) is 1. The fraction of sp³-hybridized carbons (Fsp3) is 0.318. The molecule has 1 unspecified atom stereocenters. The van der Waals surface area contributed by atoms with Crippen LogP contribution in [0.25, 0.3) is 0 Å². The van der Waals surface area contributed by atoms with Crippen molar-refractivity contribution in [2.75, 3.05) is 36.9 Å². The number of cyclic esters (lactones) is 1. The Kier molecular flexibility index (Phi) is 5.57. The molecule has 0 radical (unpaired) electrons. The predicted octanol–water partition coefficient (Wildman–Crippen LogP) is 2.15. The van der Waals surface area contributed by atoms with Crippen LogP contribution in [0, 0.1) is 0 Å². The van der Waals surface area contributed by atoms with Gasteiger partial charge in [-0.05, 0) is 35.4 Å². The molecule has 7 heteroatoms. The Hall–Kier alpha value is -3.19. The number of carbonyl (C=O) groups is 2. The number of nitrogen functional groups attached to an aromatic ring is 1. The Balaban J connectivity index is 1.36. The molecule has 2 aromatic carbocycles. The summed E-state index contributed by atoms with van der Waals surface area (Å²) in [6.07, 6.45) is 2.11. The summed E-state index contributed by atoms with van der Waals surface area (Å²) in [5.74, 6) is -0.586. The Morgan fingerprint density at radius 3 is 2.59 bits per heavy atom. The molecule has 7 nitrogen and oxygen atoms in total. The van der Waals surface area contributed by atoms with Crippen molar-refractivity contribution in [1.82, 2.24) is 0 Å². The summed E-state index contributed by atoms with van der Waals surface area (Å²) in [6.45, 7) is 1.60. The molecule has 2 heterocycles. The van der Waals surface area contributed by atoms with E-state index in [0.29, 0.717) is 31.8 Å². The summed E-state index contributed by atoms with van der Waals surface area (Å²) >= 11 is 0. The van der Waals surface area contributed by atoms with E-state index < -0.39 is 0 Å². The highest BCUT2D eigenvalue weighted by molar-refractivity contribution is 5.95. The van der Waals surface area contributed by atoms with Crippen molar-refractivity contribution in [3.8, 4) is 0 Å². The van der Waals surface area contributed by atoms with Gasteiger partial charge in [-0.2, -0.15) is 0 Å². The maximum atomic E-state index is 12.3. The summed E-state index contributed by atoms with van der Waals surface area (Å²) < 4.78 is 10.7. The highest BCUT2D eigenvalue weighted by atomic mass is 16.6. The maximum absolute atomic E-state index is 12.3. The van der Waals surface area contributed by atoms with Gasteiger partial charge in [-0.1, -0.05) is 24.3 Å². The number of carbonyl (C=O) groups excluding carboxylic acids is 2. The summed E-state index contributed by atoms with van der Waals surface area (Å²) in [5, 5.41) is 0. The summed E-state index contributed by atoms with van der Waals surface area (Å²) in [5.41, 5.74) is 9.04. The highest BCUT2D eigenvalue weighted by Gasteiger charge is 2.35. The van der Waals surface area contributed by atoms with Crippen LogP contribution in [0.4, 0.5) is 11.4 Å². The summed E-state index contributed by atoms with van der Waals surface area (Å²) in [7, 11) is 0. The molecule has 0 aliphatic carbocycles. The first-order valence-electron chi connectivity index (χ1n) is 9.64. The molecule has 0 spiro atoms. The third-order valence-corrected chi connectivity index (χ3v) is 5.14. The SMILES string of the molecule is Nc1ccc(C=NC[C@H]2CC(c3ccc(N4CCOCC4=O)cc3)C(=O)O2)cc1. The average molecular weight is 393 g/mol. The fourth-order valence-corrected chi connectivity index (χ4v) is 3.57. The van der Waals surface area contributed by atoms with E-state index >= 15 is 0 Å². The molecule has 2 N–H and O–H groups in total. The number of morpholine rings is 1. The third kappa shape index (κ3) is 4.46. The lowest BCUT2D eigenvalue weighted by molar-refractivity contribution is -0.142. The number of nitrogens with zero attached hydrogens (tertiary/aromatic N) is 2. The lowest BCUT2D eigenvalue weighted by Gasteiger charge is -2.27. The van der Waals surface area contributed by atoms with Crippen LogP contribution < -0.4 is 10.6 Å². The van der Waals surface area contributed by atoms with Gasteiger partial charge in [0.2, 0.25) is 0 Å². The van der Waals surface area contributed by atoms with Crippen LogP contribution in [-0.4, -0.2) is 50.5 Å². The molecule has 2 atom stereocenters. The van der Waals surface area contributed by atoms with Gasteiger partial charge in [-0.15, -0.1) is 0 Å². The highest BCUT2D eigenvalue weighted by Crippen LogP contribution is 2.32. The molecule has 29 heavy (non-hydrogen) atoms. The zero-order chi connectivity index (χ0) is 20.2. The normalized spacial score (nSPS) is 22.3. The Labute approximate surface area is 169 Å². The fourth-order valence-electron chi connectivity index (χ4n) is 3.57. The standard InChI is InChI=1S/C22H23N3O4/c23-17-5-1-15(2-6-17)12-24-13-19-11-20(22(27)29-19)16-3-7-18(8-4-16)25-9-10-28-14-21(25)26/h1-8,12,19-20H,9-11,13-14,23H2/t19-,20?/m1/s1. The zero-order valence-electron chi connectivity index (χ0n) is 16.0. The Morgan fingerprint density at radius 1 is 1.10 bits per heavy atom. The van der Waals surface area contributed by atoms with Crippen molar-refractivity contribution in [2.24, 2.45) is 4.99 Å². The van der Waals surface area contributed by atoms with Crippen molar-refractivity contribution in [3.05, 3.63) is 59.7 Å². The number of anilines is 2. The number of esters is 1. The van der Waals surface area contributed by atoms with Crippen molar-refractivity contribution < 1.29 is 19.1 Å². The average Bonchev–Trinajstić information content (AvgIpc) is 3.10. The number of rotatable bonds is 5. The molecule has 0 saturated carbocycles. The molecule has 0 bridgehead atoms. The zero-order valence-corrected chi connectivity index (χ0v) is 16.0. The maximum Gasteiger partial charge on any atom is 0.313 e. The van der Waals surface area contributed by atoms with Gasteiger partial charge in [-0.25, -0.2) is 0 Å². The van der Waals surface area contributed by atoms with E-state index in [1.54, 1.807) is 11.1 Å². The molecule has 4 rings (SSSR count). The monoisotopic (exact) mass is 393 g/mol. The quantitative estimate of drug-likeness (QED) is 0.477. The first kappa shape index (κ1) is 19.1. The first-order valence-corrected chi connectivity index (χ1v) is 9.64. The van der Waals surface area contributed by atoms with Crippen molar-refractivity contribution in [3.63, 3.8) is 0 Å². The largest absolute Gasteiger partial charge is 0.460 e. The van der Waals surface area contributed by atoms with Crippen LogP contribution in [0.5, 0.6) is 0 Å². The van der Waals surface area contributed by atoms with E-state index in [1.165, 1.54) is 0 Å². The van der Waals surface area contributed by atoms with Gasteiger partial charge in [0.05, 0.1) is 19.1 Å². The second kappa shape index (κ2) is 8.45. The van der Waals surface area contributed by atoms with Crippen LogP contribution in [-0.2, 0) is 19.1 Å². The summed E-state index contributed by atoms with van der Waals surface area (Å²) in [4.78, 5) is 30.4. The predicted molar refractivity (Wildman–Crippen MR) is 110 cm³/mol. The second-order valence-corrected chi connectivity index (χ2v) is 7.20. The molecule has 2 fully saturated rings. The van der Waals surface area contributed by atoms with E-state index in [2.05, 4.69) is 4.99 Å². The van der Waals surface area contributed by atoms with Crippen LogP contribution in [0.2, 0.25) is 0 Å². The number of aliphatic imine (C=N–C) groups is 1. The molecular weight excluding hydrogens is 370 g/mol. The van der Waals surface area contributed by atoms with Gasteiger partial charge >= 0.3 is 5.97 Å². The van der Waals surface area contributed by atoms with Gasteiger partial charge < -0.3 is 20.1 Å². The van der Waals surface area contributed by atoms with Crippen LogP contribution in [0.3, 0.4) is 0 Å². The Morgan fingerprint density at radius 2 is 1.86 bits per heavy atom. The molecule has 2 aromatic rings. The minimum Gasteiger partial charge on any atom is -0.460 e. The molecule has 1 amide bonds. The lowest BCUT2D eigenvalue weighted by Crippen LogP contribution is -2.41. The van der Waals surface area contributed by atoms with Crippen molar-refractivity contribution >= 4 is 29.5 Å². The van der Waals surface area contributed by atoms with Crippen molar-refractivity contribution in [2.45, 2.75) is 18.4 Å². The van der Waals surface area contributed by atoms with Crippen molar-refractivity contribution in [1.29, 1.82) is 0 Å². The van der Waals surface area contributed by atoms with Gasteiger partial charge in [0, 0.05) is 30.6 Å². The first-order chi connectivity index (χ1) is 14.1. The van der Waals surface area contributed by atoms with Gasteiger partial charge in [0.25, 0.3) is 5.91 Å². The van der Waals surface area contributed by atoms with E-state index in [9.17, 15) is 9.59 Å². The number of hydrogen-bond acceptors (Lipinski definition) is 6. The molecule has 2 saturated heterocycles. The van der Waals surface area contributed by atoms with Crippen LogP contribution in [0.1, 0.15) is 23.5 Å². The molecule has 2 aliphatic rings. The van der Waals surface area contributed by atoms with Gasteiger partial charge in [0.15, 0.2) is 0 Å². The van der Waals surface area contributed by atoms with E-state index in [4.69, 9.17) is 15.2 Å². The number of hydrogen-bond donors (Lipinski definition) is 1. The van der Waals surface area contributed by atoms with E-state index in [-0.39, 0.29) is 30.5 Å². The minimum absolute atomic E-state index is 0.0525. The van der Waals surface area contributed by atoms with E-state index in [1.807, 2.05) is 48.5 Å². The molecule has 0 aromatic heterocycles. The lowest BCUT2D eigenvalue weighted by atomic mass is 9.95. The number of benzene rings is 2. The molecular formula is C22H23N3O4. The third-order valence-electron chi connectivity index (χ3n) is 5.14. The second-order valence-electron chi connectivity index (χ2n) is 7.20. The topological polar surface area (TPSA) is 94.2 Å². The van der Waals surface area contributed by atoms with Gasteiger partial charge in [-0.3, -0.25) is 14.6 Å². The smallest absolute Gasteiger partial charge is 0.313 e. The number of amides is 1. The minimum atomic E-state index is -0.304. The molecule has 2 aliphatic heterocycles. The van der Waals surface area contributed by atoms with Crippen LogP contribution in [0.15, 0.2) is 53.5 Å².